The molecule has 2 aromatic carbocycles. The molecule has 0 aliphatic rings. The first-order valence-corrected chi connectivity index (χ1v) is 8.61. The fraction of sp³-hybridized carbons (Fsp3) is 0.188. The maximum Gasteiger partial charge on any atom is 0.228 e. The maximum atomic E-state index is 13.7. The van der Waals surface area contributed by atoms with Crippen molar-refractivity contribution in [3.05, 3.63) is 53.8 Å². The number of amides is 1. The van der Waals surface area contributed by atoms with Crippen LogP contribution < -0.4 is 10.1 Å². The molecule has 0 radical (unpaired) electrons. The molecule has 1 N–H and O–H groups in total. The van der Waals surface area contributed by atoms with Crippen molar-refractivity contribution in [2.24, 2.45) is 0 Å². The van der Waals surface area contributed by atoms with Gasteiger partial charge in [-0.05, 0) is 35.9 Å². The summed E-state index contributed by atoms with van der Waals surface area (Å²) in [4.78, 5) is 11.9. The minimum Gasteiger partial charge on any atom is -0.497 e. The molecule has 0 spiro atoms. The van der Waals surface area contributed by atoms with E-state index in [1.54, 1.807) is 31.4 Å². The number of carbonyl (C=O) groups excluding carboxylic acids is 1. The minimum atomic E-state index is -3.48. The van der Waals surface area contributed by atoms with E-state index < -0.39 is 21.6 Å². The monoisotopic (exact) mass is 337 g/mol. The number of sulfone groups is 1. The van der Waals surface area contributed by atoms with Crippen molar-refractivity contribution < 1.29 is 22.3 Å². The number of methoxy groups -OCH3 is 1. The average Bonchev–Trinajstić information content (AvgIpc) is 2.49. The third-order valence-corrected chi connectivity index (χ3v) is 4.27. The summed E-state index contributed by atoms with van der Waals surface area (Å²) in [6.07, 6.45) is 1.05. The highest BCUT2D eigenvalue weighted by Gasteiger charge is 2.13. The molecule has 0 saturated carbocycles. The molecular formula is C16H16FNO4S. The second kappa shape index (κ2) is 6.78. The predicted molar refractivity (Wildman–Crippen MR) is 84.8 cm³/mol. The Balaban J connectivity index is 2.13. The van der Waals surface area contributed by atoms with Gasteiger partial charge in [-0.25, -0.2) is 12.8 Å². The van der Waals surface area contributed by atoms with E-state index in [2.05, 4.69) is 5.32 Å². The van der Waals surface area contributed by atoms with E-state index in [1.165, 1.54) is 0 Å². The Bertz CT molecular complexity index is 816. The Morgan fingerprint density at radius 2 is 1.83 bits per heavy atom. The van der Waals surface area contributed by atoms with Gasteiger partial charge >= 0.3 is 0 Å². The molecule has 0 heterocycles. The van der Waals surface area contributed by atoms with Crippen molar-refractivity contribution in [1.82, 2.24) is 0 Å². The summed E-state index contributed by atoms with van der Waals surface area (Å²) in [5.74, 6) is -0.471. The molecule has 5 nitrogen and oxygen atoms in total. The van der Waals surface area contributed by atoms with Crippen molar-refractivity contribution in [2.45, 2.75) is 11.3 Å². The number of ether oxygens (including phenoxy) is 1. The summed E-state index contributed by atoms with van der Waals surface area (Å²) >= 11 is 0. The maximum absolute atomic E-state index is 13.7. The lowest BCUT2D eigenvalue weighted by molar-refractivity contribution is -0.115. The van der Waals surface area contributed by atoms with Crippen LogP contribution in [0.15, 0.2) is 47.4 Å². The molecule has 2 rings (SSSR count). The van der Waals surface area contributed by atoms with Crippen molar-refractivity contribution in [3.63, 3.8) is 0 Å². The van der Waals surface area contributed by atoms with Gasteiger partial charge in [-0.3, -0.25) is 4.79 Å². The molecule has 0 fully saturated rings. The smallest absolute Gasteiger partial charge is 0.228 e. The number of hydrogen-bond acceptors (Lipinski definition) is 4. The molecular weight excluding hydrogens is 321 g/mol. The molecule has 0 aliphatic carbocycles. The summed E-state index contributed by atoms with van der Waals surface area (Å²) < 4.78 is 41.7. The number of halogens is 1. The van der Waals surface area contributed by atoms with Crippen LogP contribution >= 0.6 is 0 Å². The Labute approximate surface area is 134 Å². The molecule has 0 aromatic heterocycles. The van der Waals surface area contributed by atoms with Gasteiger partial charge in [0.15, 0.2) is 9.84 Å². The minimum absolute atomic E-state index is 0.0343. The quantitative estimate of drug-likeness (QED) is 0.851. The van der Waals surface area contributed by atoms with Gasteiger partial charge in [-0.1, -0.05) is 12.1 Å². The van der Waals surface area contributed by atoms with E-state index >= 15 is 0 Å². The molecule has 0 atom stereocenters. The average molecular weight is 337 g/mol. The zero-order valence-electron chi connectivity index (χ0n) is 12.7. The molecule has 23 heavy (non-hydrogen) atoms. The van der Waals surface area contributed by atoms with Crippen LogP contribution in [0.5, 0.6) is 5.75 Å². The van der Waals surface area contributed by atoms with E-state index in [9.17, 15) is 17.6 Å². The van der Waals surface area contributed by atoms with Crippen LogP contribution in [0.2, 0.25) is 0 Å². The molecule has 1 amide bonds. The molecule has 0 unspecified atom stereocenters. The molecule has 0 aliphatic heterocycles. The fourth-order valence-electron chi connectivity index (χ4n) is 1.95. The van der Waals surface area contributed by atoms with E-state index in [0.29, 0.717) is 5.75 Å². The largest absolute Gasteiger partial charge is 0.497 e. The molecule has 0 bridgehead atoms. The number of benzene rings is 2. The normalized spacial score (nSPS) is 11.1. The van der Waals surface area contributed by atoms with Crippen LogP contribution in [0.4, 0.5) is 10.1 Å². The van der Waals surface area contributed by atoms with Crippen LogP contribution in [0.3, 0.4) is 0 Å². The van der Waals surface area contributed by atoms with Gasteiger partial charge in [0.25, 0.3) is 0 Å². The van der Waals surface area contributed by atoms with Crippen LogP contribution in [-0.2, 0) is 21.1 Å². The van der Waals surface area contributed by atoms with Crippen LogP contribution in [0.25, 0.3) is 0 Å². The Morgan fingerprint density at radius 1 is 1.17 bits per heavy atom. The van der Waals surface area contributed by atoms with E-state index in [4.69, 9.17) is 4.74 Å². The van der Waals surface area contributed by atoms with Gasteiger partial charge in [-0.15, -0.1) is 0 Å². The van der Waals surface area contributed by atoms with Crippen molar-refractivity contribution >= 4 is 21.4 Å². The highest BCUT2D eigenvalue weighted by molar-refractivity contribution is 7.90. The van der Waals surface area contributed by atoms with Crippen molar-refractivity contribution in [1.29, 1.82) is 0 Å². The molecule has 0 saturated heterocycles. The summed E-state index contributed by atoms with van der Waals surface area (Å²) in [7, 11) is -1.94. The summed E-state index contributed by atoms with van der Waals surface area (Å²) in [6, 6.07) is 10.2. The number of carbonyl (C=O) groups is 1. The highest BCUT2D eigenvalue weighted by atomic mass is 32.2. The summed E-state index contributed by atoms with van der Waals surface area (Å²) in [6.45, 7) is 0. The third-order valence-electron chi connectivity index (χ3n) is 3.16. The van der Waals surface area contributed by atoms with Gasteiger partial charge in [0.2, 0.25) is 5.91 Å². The zero-order chi connectivity index (χ0) is 17.0. The Morgan fingerprint density at radius 3 is 2.39 bits per heavy atom. The summed E-state index contributed by atoms with van der Waals surface area (Å²) in [5.41, 5.74) is 0.564. The second-order valence-corrected chi connectivity index (χ2v) is 7.00. The first-order chi connectivity index (χ1) is 10.8. The number of anilines is 1. The van der Waals surface area contributed by atoms with E-state index in [-0.39, 0.29) is 17.0 Å². The predicted octanol–water partition coefficient (Wildman–Crippen LogP) is 2.42. The van der Waals surface area contributed by atoms with Crippen LogP contribution in [-0.4, -0.2) is 27.7 Å². The number of rotatable bonds is 5. The topological polar surface area (TPSA) is 72.5 Å². The van der Waals surface area contributed by atoms with Gasteiger partial charge in [0, 0.05) is 6.26 Å². The van der Waals surface area contributed by atoms with E-state index in [1.807, 2.05) is 0 Å². The fourth-order valence-corrected chi connectivity index (χ4v) is 2.60. The van der Waals surface area contributed by atoms with Crippen molar-refractivity contribution in [3.8, 4) is 5.75 Å². The van der Waals surface area contributed by atoms with E-state index in [0.717, 1.165) is 30.0 Å². The second-order valence-electron chi connectivity index (χ2n) is 4.99. The highest BCUT2D eigenvalue weighted by Crippen LogP contribution is 2.20. The number of hydrogen-bond donors (Lipinski definition) is 1. The summed E-state index contributed by atoms with van der Waals surface area (Å²) in [5, 5.41) is 2.39. The number of nitrogens with one attached hydrogen (secondary N) is 1. The van der Waals surface area contributed by atoms with Gasteiger partial charge in [-0.2, -0.15) is 0 Å². The van der Waals surface area contributed by atoms with Crippen molar-refractivity contribution in [2.75, 3.05) is 18.7 Å². The third kappa shape index (κ3) is 4.53. The lowest BCUT2D eigenvalue weighted by atomic mass is 10.1. The zero-order valence-corrected chi connectivity index (χ0v) is 13.5. The lowest BCUT2D eigenvalue weighted by Gasteiger charge is -2.08. The lowest BCUT2D eigenvalue weighted by Crippen LogP contribution is -2.15. The van der Waals surface area contributed by atoms with Crippen LogP contribution in [0, 0.1) is 5.82 Å². The Kier molecular flexibility index (Phi) is 5.00. The standard InChI is InChI=1S/C16H16FNO4S/c1-22-12-5-3-11(4-6-12)9-16(19)18-15-10-13(23(2,20)21)7-8-14(15)17/h3-8,10H,9H2,1-2H3,(H,18,19). The Hall–Kier alpha value is -2.41. The SMILES string of the molecule is COc1ccc(CC(=O)Nc2cc(S(C)(=O)=O)ccc2F)cc1. The van der Waals surface area contributed by atoms with Gasteiger partial charge in [0.05, 0.1) is 24.1 Å². The first kappa shape index (κ1) is 17.0. The molecule has 122 valence electrons. The van der Waals surface area contributed by atoms with Gasteiger partial charge in [0.1, 0.15) is 11.6 Å². The van der Waals surface area contributed by atoms with Gasteiger partial charge < -0.3 is 10.1 Å². The first-order valence-electron chi connectivity index (χ1n) is 6.72. The molecule has 2 aromatic rings. The van der Waals surface area contributed by atoms with Crippen LogP contribution in [0.1, 0.15) is 5.56 Å². The molecule has 7 heteroatoms.